The third-order valence-corrected chi connectivity index (χ3v) is 4.92. The van der Waals surface area contributed by atoms with E-state index in [0.717, 1.165) is 23.5 Å². The number of nitrogens with one attached hydrogen (secondary N) is 1. The maximum atomic E-state index is 12.4. The van der Waals surface area contributed by atoms with E-state index in [-0.39, 0.29) is 11.9 Å². The Morgan fingerprint density at radius 1 is 1.04 bits per heavy atom. The van der Waals surface area contributed by atoms with Crippen molar-refractivity contribution in [3.8, 4) is 11.5 Å². The quantitative estimate of drug-likeness (QED) is 0.843. The van der Waals surface area contributed by atoms with E-state index in [4.69, 9.17) is 9.47 Å². The molecule has 0 spiro atoms. The minimum absolute atomic E-state index is 0.0575. The van der Waals surface area contributed by atoms with E-state index in [0.29, 0.717) is 26.1 Å². The molecule has 2 aromatic rings. The summed E-state index contributed by atoms with van der Waals surface area (Å²) in [6.45, 7) is 7.47. The Hall–Kier alpha value is -2.49. The van der Waals surface area contributed by atoms with Crippen molar-refractivity contribution in [3.05, 3.63) is 58.7 Å². The van der Waals surface area contributed by atoms with Crippen LogP contribution in [-0.2, 0) is 11.2 Å². The van der Waals surface area contributed by atoms with Gasteiger partial charge in [-0.3, -0.25) is 4.79 Å². The lowest BCUT2D eigenvalue weighted by molar-refractivity contribution is -0.121. The first-order valence-electron chi connectivity index (χ1n) is 9.32. The fourth-order valence-electron chi connectivity index (χ4n) is 3.17. The third kappa shape index (κ3) is 4.37. The number of amides is 1. The molecule has 138 valence electrons. The predicted molar refractivity (Wildman–Crippen MR) is 103 cm³/mol. The van der Waals surface area contributed by atoms with Gasteiger partial charge in [0.05, 0.1) is 6.04 Å². The van der Waals surface area contributed by atoms with Gasteiger partial charge in [0.1, 0.15) is 13.2 Å². The van der Waals surface area contributed by atoms with Crippen molar-refractivity contribution in [3.63, 3.8) is 0 Å². The van der Waals surface area contributed by atoms with Gasteiger partial charge >= 0.3 is 0 Å². The van der Waals surface area contributed by atoms with Crippen LogP contribution in [0.2, 0.25) is 0 Å². The van der Waals surface area contributed by atoms with Crippen LogP contribution in [0, 0.1) is 13.8 Å². The zero-order valence-electron chi connectivity index (χ0n) is 15.8. The maximum Gasteiger partial charge on any atom is 0.220 e. The van der Waals surface area contributed by atoms with Crippen LogP contribution in [0.5, 0.6) is 11.5 Å². The van der Waals surface area contributed by atoms with Gasteiger partial charge in [0.25, 0.3) is 0 Å². The number of fused-ring (bicyclic) bond motifs is 1. The number of hydrogen-bond donors (Lipinski definition) is 1. The SMILES string of the molecule is CC[C@H](NC(=O)CCc1ccc2c(c1)OCCO2)c1ccc(C)c(C)c1. The van der Waals surface area contributed by atoms with Crippen molar-refractivity contribution in [1.82, 2.24) is 5.32 Å². The van der Waals surface area contributed by atoms with Gasteiger partial charge in [-0.15, -0.1) is 0 Å². The van der Waals surface area contributed by atoms with Crippen LogP contribution in [0.4, 0.5) is 0 Å². The number of carbonyl (C=O) groups excluding carboxylic acids is 1. The molecule has 0 aliphatic carbocycles. The molecule has 1 atom stereocenters. The van der Waals surface area contributed by atoms with Gasteiger partial charge in [0, 0.05) is 6.42 Å². The summed E-state index contributed by atoms with van der Waals surface area (Å²) in [7, 11) is 0. The van der Waals surface area contributed by atoms with Crippen molar-refractivity contribution in [2.24, 2.45) is 0 Å². The van der Waals surface area contributed by atoms with Crippen molar-refractivity contribution in [2.75, 3.05) is 13.2 Å². The highest BCUT2D eigenvalue weighted by atomic mass is 16.6. The largest absolute Gasteiger partial charge is 0.486 e. The molecule has 4 nitrogen and oxygen atoms in total. The number of carbonyl (C=O) groups is 1. The molecule has 4 heteroatoms. The number of hydrogen-bond acceptors (Lipinski definition) is 3. The van der Waals surface area contributed by atoms with Gasteiger partial charge in [-0.1, -0.05) is 31.2 Å². The van der Waals surface area contributed by atoms with Crippen LogP contribution >= 0.6 is 0 Å². The molecule has 0 unspecified atom stereocenters. The maximum absolute atomic E-state index is 12.4. The highest BCUT2D eigenvalue weighted by molar-refractivity contribution is 5.76. The second kappa shape index (κ2) is 8.26. The summed E-state index contributed by atoms with van der Waals surface area (Å²) in [6.07, 6.45) is 2.02. The van der Waals surface area contributed by atoms with Gasteiger partial charge in [-0.2, -0.15) is 0 Å². The Bertz CT molecular complexity index is 785. The number of ether oxygens (including phenoxy) is 2. The summed E-state index contributed by atoms with van der Waals surface area (Å²) in [4.78, 5) is 12.4. The number of aryl methyl sites for hydroxylation is 3. The zero-order chi connectivity index (χ0) is 18.5. The average molecular weight is 353 g/mol. The molecular weight excluding hydrogens is 326 g/mol. The van der Waals surface area contributed by atoms with Crippen molar-refractivity contribution < 1.29 is 14.3 Å². The van der Waals surface area contributed by atoms with E-state index in [1.807, 2.05) is 18.2 Å². The molecule has 0 bridgehead atoms. The number of rotatable bonds is 6. The molecule has 1 amide bonds. The highest BCUT2D eigenvalue weighted by Crippen LogP contribution is 2.31. The zero-order valence-corrected chi connectivity index (χ0v) is 15.8. The monoisotopic (exact) mass is 353 g/mol. The standard InChI is InChI=1S/C22H27NO3/c1-4-19(18-8-5-15(2)16(3)13-18)23-22(24)10-7-17-6-9-20-21(14-17)26-12-11-25-20/h5-6,8-9,13-14,19H,4,7,10-12H2,1-3H3,(H,23,24)/t19-/m0/s1. The Kier molecular flexibility index (Phi) is 5.82. The van der Waals surface area contributed by atoms with Gasteiger partial charge in [0.2, 0.25) is 5.91 Å². The summed E-state index contributed by atoms with van der Waals surface area (Å²) in [5.74, 6) is 1.63. The van der Waals surface area contributed by atoms with Gasteiger partial charge < -0.3 is 14.8 Å². The van der Waals surface area contributed by atoms with Gasteiger partial charge in [-0.25, -0.2) is 0 Å². The normalized spacial score (nSPS) is 14.0. The van der Waals surface area contributed by atoms with E-state index in [1.165, 1.54) is 16.7 Å². The number of benzene rings is 2. The molecule has 1 aliphatic heterocycles. The van der Waals surface area contributed by atoms with Crippen LogP contribution in [0.25, 0.3) is 0 Å². The van der Waals surface area contributed by atoms with E-state index < -0.39 is 0 Å². The molecule has 26 heavy (non-hydrogen) atoms. The Balaban J connectivity index is 1.58. The van der Waals surface area contributed by atoms with Crippen LogP contribution in [-0.4, -0.2) is 19.1 Å². The molecule has 0 fully saturated rings. The predicted octanol–water partition coefficient (Wildman–Crippen LogP) is 4.27. The van der Waals surface area contributed by atoms with Gasteiger partial charge in [0.15, 0.2) is 11.5 Å². The van der Waals surface area contributed by atoms with E-state index in [1.54, 1.807) is 0 Å². The first-order valence-corrected chi connectivity index (χ1v) is 9.32. The fraction of sp³-hybridized carbons (Fsp3) is 0.409. The molecule has 3 rings (SSSR count). The Labute approximate surface area is 155 Å². The lowest BCUT2D eigenvalue weighted by Crippen LogP contribution is -2.28. The van der Waals surface area contributed by atoms with Crippen LogP contribution in [0.3, 0.4) is 0 Å². The Morgan fingerprint density at radius 3 is 2.54 bits per heavy atom. The second-order valence-corrected chi connectivity index (χ2v) is 6.85. The topological polar surface area (TPSA) is 47.6 Å². The van der Waals surface area contributed by atoms with Crippen LogP contribution in [0.15, 0.2) is 36.4 Å². The van der Waals surface area contributed by atoms with Crippen LogP contribution < -0.4 is 14.8 Å². The highest BCUT2D eigenvalue weighted by Gasteiger charge is 2.15. The minimum atomic E-state index is 0.0575. The van der Waals surface area contributed by atoms with E-state index in [2.05, 4.69) is 44.3 Å². The molecule has 0 radical (unpaired) electrons. The summed E-state index contributed by atoms with van der Waals surface area (Å²) in [6, 6.07) is 12.4. The average Bonchev–Trinajstić information content (AvgIpc) is 2.66. The second-order valence-electron chi connectivity index (χ2n) is 6.85. The fourth-order valence-corrected chi connectivity index (χ4v) is 3.17. The van der Waals surface area contributed by atoms with Crippen LogP contribution in [0.1, 0.15) is 48.1 Å². The molecule has 2 aromatic carbocycles. The molecule has 0 saturated carbocycles. The van der Waals surface area contributed by atoms with Crippen molar-refractivity contribution >= 4 is 5.91 Å². The Morgan fingerprint density at radius 2 is 1.81 bits per heavy atom. The minimum Gasteiger partial charge on any atom is -0.486 e. The first kappa shape index (κ1) is 18.3. The van der Waals surface area contributed by atoms with E-state index in [9.17, 15) is 4.79 Å². The van der Waals surface area contributed by atoms with E-state index >= 15 is 0 Å². The molecule has 1 heterocycles. The smallest absolute Gasteiger partial charge is 0.220 e. The molecule has 0 saturated heterocycles. The molecule has 1 N–H and O–H groups in total. The first-order chi connectivity index (χ1) is 12.6. The van der Waals surface area contributed by atoms with Gasteiger partial charge in [-0.05, 0) is 61.1 Å². The lowest BCUT2D eigenvalue weighted by Gasteiger charge is -2.20. The molecule has 1 aliphatic rings. The summed E-state index contributed by atoms with van der Waals surface area (Å²) in [5.41, 5.74) is 4.78. The summed E-state index contributed by atoms with van der Waals surface area (Å²) < 4.78 is 11.1. The molecule has 0 aromatic heterocycles. The molecular formula is C22H27NO3. The third-order valence-electron chi connectivity index (χ3n) is 4.92. The van der Waals surface area contributed by atoms with Crippen molar-refractivity contribution in [1.29, 1.82) is 0 Å². The summed E-state index contributed by atoms with van der Waals surface area (Å²) >= 11 is 0. The summed E-state index contributed by atoms with van der Waals surface area (Å²) in [5, 5.41) is 3.17. The van der Waals surface area contributed by atoms with Crippen molar-refractivity contribution in [2.45, 2.75) is 46.1 Å². The lowest BCUT2D eigenvalue weighted by atomic mass is 9.99.